The third-order valence-corrected chi connectivity index (χ3v) is 4.19. The number of aromatic nitrogens is 2. The number of benzene rings is 1. The maximum Gasteiger partial charge on any atom is 0.124 e. The van der Waals surface area contributed by atoms with Crippen LogP contribution in [0, 0.1) is 0 Å². The molecule has 1 atom stereocenters. The Labute approximate surface area is 128 Å². The lowest BCUT2D eigenvalue weighted by molar-refractivity contribution is -0.0272. The van der Waals surface area contributed by atoms with Gasteiger partial charge in [0.15, 0.2) is 0 Å². The van der Waals surface area contributed by atoms with Crippen LogP contribution < -0.4 is 0 Å². The number of likely N-dealkylation sites (N-methyl/N-ethyl adjacent to an activating group) is 1. The number of fused-ring (bicyclic) bond motifs is 1. The molecule has 0 spiro atoms. The molecule has 1 fully saturated rings. The van der Waals surface area contributed by atoms with Crippen molar-refractivity contribution in [2.45, 2.75) is 18.5 Å². The van der Waals surface area contributed by atoms with E-state index in [0.29, 0.717) is 10.9 Å². The largest absolute Gasteiger partial charge is 0.374 e. The van der Waals surface area contributed by atoms with Gasteiger partial charge in [0, 0.05) is 13.1 Å². The molecule has 0 radical (unpaired) electrons. The molecule has 1 aromatic heterocycles. The minimum absolute atomic E-state index is 0.143. The summed E-state index contributed by atoms with van der Waals surface area (Å²) in [5.74, 6) is 1.21. The normalized spacial score (nSPS) is 20.6. The minimum atomic E-state index is 0.143. The maximum absolute atomic E-state index is 6.32. The van der Waals surface area contributed by atoms with Crippen LogP contribution in [0.15, 0.2) is 18.2 Å². The molecule has 20 heavy (non-hydrogen) atoms. The zero-order valence-electron chi connectivity index (χ0n) is 11.4. The highest BCUT2D eigenvalue weighted by Gasteiger charge is 2.21. The molecule has 1 aromatic carbocycles. The molecule has 2 aromatic rings. The molecule has 1 aliphatic heterocycles. The summed E-state index contributed by atoms with van der Waals surface area (Å²) in [6.07, 6.45) is 0.143. The number of morpholine rings is 1. The lowest BCUT2D eigenvalue weighted by Crippen LogP contribution is -2.42. The van der Waals surface area contributed by atoms with Crippen molar-refractivity contribution in [1.82, 2.24) is 14.5 Å². The van der Waals surface area contributed by atoms with Crippen molar-refractivity contribution in [3.8, 4) is 0 Å². The summed E-state index contributed by atoms with van der Waals surface area (Å²) in [4.78, 5) is 6.83. The van der Waals surface area contributed by atoms with Gasteiger partial charge in [0.1, 0.15) is 5.82 Å². The van der Waals surface area contributed by atoms with Gasteiger partial charge in [0.2, 0.25) is 0 Å². The second-order valence-electron chi connectivity index (χ2n) is 5.13. The number of para-hydroxylation sites is 1. The van der Waals surface area contributed by atoms with Crippen LogP contribution in [-0.2, 0) is 17.2 Å². The van der Waals surface area contributed by atoms with E-state index in [2.05, 4.69) is 21.5 Å². The van der Waals surface area contributed by atoms with Gasteiger partial charge in [-0.05, 0) is 19.2 Å². The van der Waals surface area contributed by atoms with Gasteiger partial charge in [-0.1, -0.05) is 17.7 Å². The Morgan fingerprint density at radius 2 is 2.30 bits per heavy atom. The first-order chi connectivity index (χ1) is 9.69. The summed E-state index contributed by atoms with van der Waals surface area (Å²) < 4.78 is 7.93. The number of nitrogens with zero attached hydrogens (tertiary/aromatic N) is 3. The van der Waals surface area contributed by atoms with E-state index in [9.17, 15) is 0 Å². The number of imidazole rings is 1. The van der Waals surface area contributed by atoms with Crippen LogP contribution in [-0.4, -0.2) is 47.3 Å². The highest BCUT2D eigenvalue weighted by molar-refractivity contribution is 6.35. The summed E-state index contributed by atoms with van der Waals surface area (Å²) in [7, 11) is 2.11. The summed E-state index contributed by atoms with van der Waals surface area (Å²) in [6, 6.07) is 5.75. The average molecular weight is 314 g/mol. The summed E-state index contributed by atoms with van der Waals surface area (Å²) in [6.45, 7) is 3.38. The first kappa shape index (κ1) is 14.1. The van der Waals surface area contributed by atoms with Crippen molar-refractivity contribution in [2.24, 2.45) is 0 Å². The van der Waals surface area contributed by atoms with E-state index in [1.165, 1.54) is 0 Å². The van der Waals surface area contributed by atoms with E-state index in [4.69, 9.17) is 27.9 Å². The molecule has 108 valence electrons. The predicted molar refractivity (Wildman–Crippen MR) is 81.5 cm³/mol. The SMILES string of the molecule is CN1CCOC(Cn2c(CCl)nc3cccc(Cl)c32)C1. The lowest BCUT2D eigenvalue weighted by Gasteiger charge is -2.30. The number of ether oxygens (including phenoxy) is 1. The number of alkyl halides is 1. The van der Waals surface area contributed by atoms with Crippen molar-refractivity contribution in [2.75, 3.05) is 26.7 Å². The molecular weight excluding hydrogens is 297 g/mol. The quantitative estimate of drug-likeness (QED) is 0.816. The van der Waals surface area contributed by atoms with Gasteiger partial charge in [-0.2, -0.15) is 0 Å². The Kier molecular flexibility index (Phi) is 4.17. The molecule has 1 aliphatic rings. The van der Waals surface area contributed by atoms with E-state index in [0.717, 1.165) is 43.1 Å². The van der Waals surface area contributed by atoms with E-state index in [1.807, 2.05) is 18.2 Å². The van der Waals surface area contributed by atoms with Crippen LogP contribution in [0.2, 0.25) is 5.02 Å². The molecule has 0 amide bonds. The molecule has 6 heteroatoms. The summed E-state index contributed by atoms with van der Waals surface area (Å²) in [5.41, 5.74) is 1.83. The number of rotatable bonds is 3. The standard InChI is InChI=1S/C14H17Cl2N3O/c1-18-5-6-20-10(8-18)9-19-13(7-15)17-12-4-2-3-11(16)14(12)19/h2-4,10H,5-9H2,1H3. The van der Waals surface area contributed by atoms with Crippen molar-refractivity contribution in [1.29, 1.82) is 0 Å². The summed E-state index contributed by atoms with van der Waals surface area (Å²) in [5, 5.41) is 0.704. The third-order valence-electron chi connectivity index (χ3n) is 3.64. The van der Waals surface area contributed by atoms with Gasteiger partial charge in [-0.3, -0.25) is 0 Å². The van der Waals surface area contributed by atoms with Crippen LogP contribution in [0.4, 0.5) is 0 Å². The Bertz CT molecular complexity index is 614. The first-order valence-corrected chi connectivity index (χ1v) is 7.60. The maximum atomic E-state index is 6.32. The Hall–Kier alpha value is -0.810. The molecule has 3 rings (SSSR count). The van der Waals surface area contributed by atoms with Gasteiger partial charge in [-0.25, -0.2) is 4.98 Å². The fourth-order valence-corrected chi connectivity index (χ4v) is 3.15. The Morgan fingerprint density at radius 3 is 3.05 bits per heavy atom. The van der Waals surface area contributed by atoms with Gasteiger partial charge in [0.25, 0.3) is 0 Å². The first-order valence-electron chi connectivity index (χ1n) is 6.69. The molecule has 2 heterocycles. The van der Waals surface area contributed by atoms with Crippen molar-refractivity contribution in [3.63, 3.8) is 0 Å². The van der Waals surface area contributed by atoms with Crippen LogP contribution >= 0.6 is 23.2 Å². The van der Waals surface area contributed by atoms with E-state index >= 15 is 0 Å². The van der Waals surface area contributed by atoms with Gasteiger partial charge >= 0.3 is 0 Å². The average Bonchev–Trinajstić information content (AvgIpc) is 2.78. The monoisotopic (exact) mass is 313 g/mol. The van der Waals surface area contributed by atoms with Crippen LogP contribution in [0.1, 0.15) is 5.82 Å². The smallest absolute Gasteiger partial charge is 0.124 e. The van der Waals surface area contributed by atoms with Crippen LogP contribution in [0.5, 0.6) is 0 Å². The van der Waals surface area contributed by atoms with Crippen LogP contribution in [0.3, 0.4) is 0 Å². The second-order valence-corrected chi connectivity index (χ2v) is 5.81. The van der Waals surface area contributed by atoms with Crippen molar-refractivity contribution in [3.05, 3.63) is 29.0 Å². The third kappa shape index (κ3) is 2.66. The zero-order valence-corrected chi connectivity index (χ0v) is 12.9. The van der Waals surface area contributed by atoms with Crippen molar-refractivity contribution < 1.29 is 4.74 Å². The Balaban J connectivity index is 1.97. The van der Waals surface area contributed by atoms with Gasteiger partial charge in [0.05, 0.1) is 41.2 Å². The zero-order chi connectivity index (χ0) is 14.1. The molecule has 0 saturated carbocycles. The van der Waals surface area contributed by atoms with Crippen molar-refractivity contribution >= 4 is 34.2 Å². The molecule has 1 unspecified atom stereocenters. The molecule has 4 nitrogen and oxygen atoms in total. The molecule has 0 aliphatic carbocycles. The molecule has 1 saturated heterocycles. The van der Waals surface area contributed by atoms with Gasteiger partial charge < -0.3 is 14.2 Å². The fraction of sp³-hybridized carbons (Fsp3) is 0.500. The lowest BCUT2D eigenvalue weighted by atomic mass is 10.2. The Morgan fingerprint density at radius 1 is 1.45 bits per heavy atom. The molecular formula is C14H17Cl2N3O. The fourth-order valence-electron chi connectivity index (χ4n) is 2.67. The van der Waals surface area contributed by atoms with Crippen LogP contribution in [0.25, 0.3) is 11.0 Å². The number of halogens is 2. The molecule has 0 bridgehead atoms. The highest BCUT2D eigenvalue weighted by atomic mass is 35.5. The minimum Gasteiger partial charge on any atom is -0.374 e. The topological polar surface area (TPSA) is 30.3 Å². The molecule has 0 N–H and O–H groups in total. The van der Waals surface area contributed by atoms with E-state index in [1.54, 1.807) is 0 Å². The second kappa shape index (κ2) is 5.90. The number of hydrogen-bond donors (Lipinski definition) is 0. The predicted octanol–water partition coefficient (Wildman–Crippen LogP) is 2.76. The van der Waals surface area contributed by atoms with E-state index in [-0.39, 0.29) is 6.10 Å². The summed E-state index contributed by atoms with van der Waals surface area (Å²) >= 11 is 12.3. The highest BCUT2D eigenvalue weighted by Crippen LogP contribution is 2.26. The number of hydrogen-bond acceptors (Lipinski definition) is 3. The van der Waals surface area contributed by atoms with E-state index < -0.39 is 0 Å². The van der Waals surface area contributed by atoms with Gasteiger partial charge in [-0.15, -0.1) is 11.6 Å².